The van der Waals surface area contributed by atoms with Crippen molar-refractivity contribution in [1.82, 2.24) is 10.6 Å². The van der Waals surface area contributed by atoms with Gasteiger partial charge < -0.3 is 24.8 Å². The maximum absolute atomic E-state index is 12.3. The number of urea groups is 1. The van der Waals surface area contributed by atoms with Crippen molar-refractivity contribution >= 4 is 12.0 Å². The van der Waals surface area contributed by atoms with Crippen molar-refractivity contribution < 1.29 is 23.8 Å². The molecule has 2 amide bonds. The number of hydrogen-bond donors (Lipinski definition) is 2. The minimum atomic E-state index is -0.629. The average molecular weight is 316 g/mol. The molecule has 3 rings (SSSR count). The van der Waals surface area contributed by atoms with Crippen LogP contribution in [0.25, 0.3) is 0 Å². The summed E-state index contributed by atoms with van der Waals surface area (Å²) in [5, 5.41) is 5.32. The molecule has 1 atom stereocenters. The second-order valence-corrected chi connectivity index (χ2v) is 5.07. The number of hydrogen-bond acceptors (Lipinski definition) is 5. The smallest absolute Gasteiger partial charge is 0.338 e. The standard InChI is InChI=1S/C16H16N2O5/c1-3-6-21-15(19)13-9(2)17-16(20)18-14(13)10-4-5-11-12(7-10)23-8-22-11/h3-5,7,14H,1,6,8H2,2H3,(H2,17,18,20)/t14-/m0/s1. The molecule has 7 nitrogen and oxygen atoms in total. The van der Waals surface area contributed by atoms with Gasteiger partial charge in [0, 0.05) is 5.70 Å². The van der Waals surface area contributed by atoms with Gasteiger partial charge in [-0.05, 0) is 24.6 Å². The largest absolute Gasteiger partial charge is 0.458 e. The topological polar surface area (TPSA) is 85.9 Å². The minimum Gasteiger partial charge on any atom is -0.458 e. The minimum absolute atomic E-state index is 0.0947. The zero-order valence-corrected chi connectivity index (χ0v) is 12.5. The van der Waals surface area contributed by atoms with E-state index in [1.165, 1.54) is 6.08 Å². The molecule has 1 aromatic rings. The Hall–Kier alpha value is -2.96. The first kappa shape index (κ1) is 15.0. The van der Waals surface area contributed by atoms with Gasteiger partial charge in [0.1, 0.15) is 6.61 Å². The van der Waals surface area contributed by atoms with Crippen molar-refractivity contribution in [3.63, 3.8) is 0 Å². The molecule has 23 heavy (non-hydrogen) atoms. The van der Waals surface area contributed by atoms with Gasteiger partial charge in [-0.1, -0.05) is 18.7 Å². The highest BCUT2D eigenvalue weighted by molar-refractivity contribution is 5.95. The Bertz CT molecular complexity index is 710. The van der Waals surface area contributed by atoms with Crippen molar-refractivity contribution in [1.29, 1.82) is 0 Å². The predicted molar refractivity (Wildman–Crippen MR) is 80.8 cm³/mol. The van der Waals surface area contributed by atoms with E-state index >= 15 is 0 Å². The second-order valence-electron chi connectivity index (χ2n) is 5.07. The zero-order chi connectivity index (χ0) is 16.4. The molecule has 2 heterocycles. The lowest BCUT2D eigenvalue weighted by molar-refractivity contribution is -0.138. The molecule has 0 aromatic heterocycles. The summed E-state index contributed by atoms with van der Waals surface area (Å²) in [5.41, 5.74) is 1.49. The molecule has 0 aliphatic carbocycles. The third-order valence-corrected chi connectivity index (χ3v) is 3.55. The van der Waals surface area contributed by atoms with Gasteiger partial charge >= 0.3 is 12.0 Å². The van der Waals surface area contributed by atoms with Gasteiger partial charge in [0.05, 0.1) is 11.6 Å². The summed E-state index contributed by atoms with van der Waals surface area (Å²) in [6.45, 7) is 5.42. The highest BCUT2D eigenvalue weighted by Crippen LogP contribution is 2.36. The van der Waals surface area contributed by atoms with Gasteiger partial charge in [0.25, 0.3) is 0 Å². The molecule has 0 spiro atoms. The van der Waals surface area contributed by atoms with Gasteiger partial charge in [-0.25, -0.2) is 9.59 Å². The van der Waals surface area contributed by atoms with Crippen LogP contribution in [-0.2, 0) is 9.53 Å². The lowest BCUT2D eigenvalue weighted by Gasteiger charge is -2.28. The van der Waals surface area contributed by atoms with Crippen LogP contribution in [-0.4, -0.2) is 25.4 Å². The predicted octanol–water partition coefficient (Wildman–Crippen LogP) is 1.77. The molecule has 0 radical (unpaired) electrons. The Morgan fingerprint density at radius 2 is 2.22 bits per heavy atom. The number of fused-ring (bicyclic) bond motifs is 1. The molecule has 0 unspecified atom stereocenters. The SMILES string of the molecule is C=CCOC(=O)C1=C(C)NC(=O)N[C@H]1c1ccc2c(c1)OCO2. The van der Waals surface area contributed by atoms with E-state index in [0.717, 1.165) is 0 Å². The van der Waals surface area contributed by atoms with E-state index in [1.54, 1.807) is 25.1 Å². The molecule has 0 fully saturated rings. The fourth-order valence-electron chi connectivity index (χ4n) is 2.52. The van der Waals surface area contributed by atoms with E-state index in [9.17, 15) is 9.59 Å². The van der Waals surface area contributed by atoms with Crippen molar-refractivity contribution in [3.8, 4) is 11.5 Å². The zero-order valence-electron chi connectivity index (χ0n) is 12.5. The lowest BCUT2D eigenvalue weighted by atomic mass is 9.95. The molecule has 7 heteroatoms. The van der Waals surface area contributed by atoms with Gasteiger partial charge in [0.15, 0.2) is 11.5 Å². The quantitative estimate of drug-likeness (QED) is 0.653. The van der Waals surface area contributed by atoms with Crippen molar-refractivity contribution in [2.75, 3.05) is 13.4 Å². The van der Waals surface area contributed by atoms with Crippen LogP contribution in [0.4, 0.5) is 4.79 Å². The summed E-state index contributed by atoms with van der Waals surface area (Å²) in [7, 11) is 0. The number of nitrogens with one attached hydrogen (secondary N) is 2. The molecule has 1 aromatic carbocycles. The number of benzene rings is 1. The van der Waals surface area contributed by atoms with Crippen molar-refractivity contribution in [3.05, 3.63) is 47.7 Å². The Morgan fingerprint density at radius 3 is 3.00 bits per heavy atom. The van der Waals surface area contributed by atoms with Crippen LogP contribution in [0.15, 0.2) is 42.1 Å². The maximum Gasteiger partial charge on any atom is 0.338 e. The van der Waals surface area contributed by atoms with Crippen LogP contribution in [0.1, 0.15) is 18.5 Å². The van der Waals surface area contributed by atoms with Crippen molar-refractivity contribution in [2.45, 2.75) is 13.0 Å². The molecule has 120 valence electrons. The Balaban J connectivity index is 1.97. The fourth-order valence-corrected chi connectivity index (χ4v) is 2.52. The molecule has 0 saturated heterocycles. The van der Waals surface area contributed by atoms with Gasteiger partial charge in [-0.2, -0.15) is 0 Å². The monoisotopic (exact) mass is 316 g/mol. The highest BCUT2D eigenvalue weighted by Gasteiger charge is 2.33. The van der Waals surface area contributed by atoms with Crippen LogP contribution < -0.4 is 20.1 Å². The molecule has 2 aliphatic rings. The molecule has 2 aliphatic heterocycles. The van der Waals surface area contributed by atoms with Crippen LogP contribution in [0.2, 0.25) is 0 Å². The molecular formula is C16H16N2O5. The van der Waals surface area contributed by atoms with Gasteiger partial charge in [-0.15, -0.1) is 0 Å². The number of allylic oxidation sites excluding steroid dienone is 1. The van der Waals surface area contributed by atoms with E-state index in [0.29, 0.717) is 28.3 Å². The maximum atomic E-state index is 12.3. The first-order chi connectivity index (χ1) is 11.1. The summed E-state index contributed by atoms with van der Waals surface area (Å²) in [5.74, 6) is 0.690. The summed E-state index contributed by atoms with van der Waals surface area (Å²) in [4.78, 5) is 24.1. The summed E-state index contributed by atoms with van der Waals surface area (Å²) >= 11 is 0. The normalized spacial score (nSPS) is 19.0. The first-order valence-corrected chi connectivity index (χ1v) is 7.06. The van der Waals surface area contributed by atoms with E-state index in [1.807, 2.05) is 0 Å². The van der Waals surface area contributed by atoms with Crippen LogP contribution >= 0.6 is 0 Å². The Labute approximate surface area is 132 Å². The number of esters is 1. The lowest BCUT2D eigenvalue weighted by Crippen LogP contribution is -2.45. The van der Waals surface area contributed by atoms with Crippen LogP contribution in [0.3, 0.4) is 0 Å². The van der Waals surface area contributed by atoms with Gasteiger partial charge in [-0.3, -0.25) is 0 Å². The Kier molecular flexibility index (Phi) is 3.92. The number of rotatable bonds is 4. The molecule has 0 saturated carbocycles. The third-order valence-electron chi connectivity index (χ3n) is 3.55. The number of ether oxygens (including phenoxy) is 3. The van der Waals surface area contributed by atoms with E-state index < -0.39 is 12.0 Å². The third kappa shape index (κ3) is 2.85. The Morgan fingerprint density at radius 1 is 1.43 bits per heavy atom. The summed E-state index contributed by atoms with van der Waals surface area (Å²) < 4.78 is 15.7. The summed E-state index contributed by atoms with van der Waals surface area (Å²) in [6, 6.07) is 4.25. The van der Waals surface area contributed by atoms with Crippen LogP contribution in [0.5, 0.6) is 11.5 Å². The van der Waals surface area contributed by atoms with Gasteiger partial charge in [0.2, 0.25) is 6.79 Å². The first-order valence-electron chi connectivity index (χ1n) is 7.06. The van der Waals surface area contributed by atoms with Crippen molar-refractivity contribution in [2.24, 2.45) is 0 Å². The summed E-state index contributed by atoms with van der Waals surface area (Å²) in [6.07, 6.45) is 1.48. The molecule has 0 bridgehead atoms. The molecular weight excluding hydrogens is 300 g/mol. The van der Waals surface area contributed by atoms with Crippen LogP contribution in [0, 0.1) is 0 Å². The average Bonchev–Trinajstić information content (AvgIpc) is 2.99. The molecule has 2 N–H and O–H groups in total. The fraction of sp³-hybridized carbons (Fsp3) is 0.250. The second kappa shape index (κ2) is 6.04. The van der Waals surface area contributed by atoms with E-state index in [-0.39, 0.29) is 19.4 Å². The highest BCUT2D eigenvalue weighted by atomic mass is 16.7. The number of amides is 2. The number of carbonyl (C=O) groups is 2. The number of carbonyl (C=O) groups excluding carboxylic acids is 2. The van der Waals surface area contributed by atoms with E-state index in [4.69, 9.17) is 14.2 Å². The van der Waals surface area contributed by atoms with E-state index in [2.05, 4.69) is 17.2 Å².